The molecule has 3 rings (SSSR count). The number of halogens is 2. The summed E-state index contributed by atoms with van der Waals surface area (Å²) in [6, 6.07) is 5.63. The van der Waals surface area contributed by atoms with Gasteiger partial charge in [-0.05, 0) is 18.9 Å². The van der Waals surface area contributed by atoms with Crippen molar-refractivity contribution < 1.29 is 4.48 Å². The van der Waals surface area contributed by atoms with E-state index in [1.54, 1.807) is 11.0 Å². The van der Waals surface area contributed by atoms with Gasteiger partial charge < -0.3 is 4.90 Å². The third-order valence-corrected chi connectivity index (χ3v) is 5.82. The molecule has 1 aromatic carbocycles. The van der Waals surface area contributed by atoms with Crippen molar-refractivity contribution in [3.05, 3.63) is 63.8 Å². The van der Waals surface area contributed by atoms with Crippen molar-refractivity contribution in [1.29, 1.82) is 5.26 Å². The number of rotatable bonds is 6. The molecular weight excluding hydrogens is 379 g/mol. The van der Waals surface area contributed by atoms with Gasteiger partial charge in [0.15, 0.2) is 6.19 Å². The molecule has 2 aliphatic heterocycles. The SMILES string of the molecule is CCCN(CCC)C1=C[N+]2(C)CC(c3cccc(Cl)c3Cl)=CN(C#N)C2=C1. The molecule has 142 valence electrons. The molecule has 0 aliphatic carbocycles. The largest absolute Gasteiger partial charge is 0.367 e. The quantitative estimate of drug-likeness (QED) is 0.470. The number of quaternary nitrogens is 1. The lowest BCUT2D eigenvalue weighted by atomic mass is 10.0. The van der Waals surface area contributed by atoms with Crippen LogP contribution in [-0.4, -0.2) is 41.0 Å². The average Bonchev–Trinajstić information content (AvgIpc) is 3.00. The minimum Gasteiger partial charge on any atom is -0.367 e. The summed E-state index contributed by atoms with van der Waals surface area (Å²) in [6.45, 7) is 7.13. The molecule has 0 spiro atoms. The normalized spacial score (nSPS) is 21.2. The molecule has 0 fully saturated rings. The second-order valence-electron chi connectivity index (χ2n) is 7.20. The minimum absolute atomic E-state index is 0.525. The van der Waals surface area contributed by atoms with Crippen molar-refractivity contribution in [2.45, 2.75) is 26.7 Å². The second kappa shape index (κ2) is 7.98. The molecule has 6 heteroatoms. The molecule has 2 heterocycles. The molecule has 0 bridgehead atoms. The van der Waals surface area contributed by atoms with Crippen LogP contribution in [0.25, 0.3) is 5.57 Å². The van der Waals surface area contributed by atoms with Gasteiger partial charge in [0.05, 0.1) is 22.8 Å². The number of likely N-dealkylation sites (N-methyl/N-ethyl adjacent to an activating group) is 1. The van der Waals surface area contributed by atoms with Crippen LogP contribution in [0.2, 0.25) is 10.0 Å². The lowest BCUT2D eigenvalue weighted by Crippen LogP contribution is -2.45. The van der Waals surface area contributed by atoms with Crippen LogP contribution in [-0.2, 0) is 0 Å². The van der Waals surface area contributed by atoms with E-state index >= 15 is 0 Å². The fourth-order valence-corrected chi connectivity index (χ4v) is 4.23. The lowest BCUT2D eigenvalue weighted by molar-refractivity contribution is -0.819. The highest BCUT2D eigenvalue weighted by Gasteiger charge is 2.41. The van der Waals surface area contributed by atoms with E-state index in [2.05, 4.69) is 44.3 Å². The predicted molar refractivity (Wildman–Crippen MR) is 111 cm³/mol. The Morgan fingerprint density at radius 3 is 2.56 bits per heavy atom. The van der Waals surface area contributed by atoms with Crippen LogP contribution >= 0.6 is 23.2 Å². The molecule has 27 heavy (non-hydrogen) atoms. The number of benzene rings is 1. The van der Waals surface area contributed by atoms with Gasteiger partial charge in [0.2, 0.25) is 5.82 Å². The summed E-state index contributed by atoms with van der Waals surface area (Å²) < 4.78 is 0.543. The third kappa shape index (κ3) is 3.73. The fourth-order valence-electron chi connectivity index (χ4n) is 3.80. The zero-order valence-electron chi connectivity index (χ0n) is 16.0. The number of allylic oxidation sites excluding steroid dienone is 1. The number of fused-ring (bicyclic) bond motifs is 1. The molecule has 1 atom stereocenters. The Bertz CT molecular complexity index is 859. The Balaban J connectivity index is 2.01. The van der Waals surface area contributed by atoms with E-state index in [1.165, 1.54) is 5.70 Å². The second-order valence-corrected chi connectivity index (χ2v) is 7.98. The van der Waals surface area contributed by atoms with Crippen LogP contribution in [0.5, 0.6) is 0 Å². The predicted octanol–water partition coefficient (Wildman–Crippen LogP) is 5.40. The van der Waals surface area contributed by atoms with E-state index in [0.29, 0.717) is 14.5 Å². The Hall–Kier alpha value is -1.93. The van der Waals surface area contributed by atoms with E-state index in [-0.39, 0.29) is 0 Å². The molecule has 0 N–H and O–H groups in total. The molecule has 0 aromatic heterocycles. The standard InChI is InChI=1S/C21H25Cl2N4/c1-4-9-25(10-5-2)17-11-20-26(15-24)12-16(13-27(20,3)14-17)18-7-6-8-19(22)21(18)23/h6-8,11-12,14H,4-5,9-10,13H2,1-3H3/q+1. The van der Waals surface area contributed by atoms with Gasteiger partial charge in [-0.25, -0.2) is 9.38 Å². The highest BCUT2D eigenvalue weighted by molar-refractivity contribution is 6.43. The maximum atomic E-state index is 9.76. The van der Waals surface area contributed by atoms with E-state index in [4.69, 9.17) is 23.2 Å². The molecular formula is C21H25Cl2N4+. The Kier molecular flexibility index (Phi) is 5.86. The summed E-state index contributed by atoms with van der Waals surface area (Å²) in [5.41, 5.74) is 3.06. The van der Waals surface area contributed by atoms with Crippen molar-refractivity contribution >= 4 is 28.8 Å². The summed E-state index contributed by atoms with van der Waals surface area (Å²) in [5, 5.41) is 10.8. The van der Waals surface area contributed by atoms with Crippen LogP contribution in [0, 0.1) is 11.5 Å². The van der Waals surface area contributed by atoms with Crippen LogP contribution in [0.3, 0.4) is 0 Å². The molecule has 1 aromatic rings. The van der Waals surface area contributed by atoms with Crippen molar-refractivity contribution in [2.24, 2.45) is 0 Å². The first-order valence-electron chi connectivity index (χ1n) is 9.32. The van der Waals surface area contributed by atoms with Gasteiger partial charge in [0.25, 0.3) is 0 Å². The maximum absolute atomic E-state index is 9.76. The Morgan fingerprint density at radius 2 is 1.93 bits per heavy atom. The first-order chi connectivity index (χ1) is 12.9. The topological polar surface area (TPSA) is 30.3 Å². The fraction of sp³-hybridized carbons (Fsp3) is 0.381. The van der Waals surface area contributed by atoms with Crippen LogP contribution < -0.4 is 0 Å². The van der Waals surface area contributed by atoms with Gasteiger partial charge in [0, 0.05) is 36.5 Å². The van der Waals surface area contributed by atoms with E-state index in [1.807, 2.05) is 18.3 Å². The Labute approximate surface area is 171 Å². The molecule has 0 amide bonds. The monoisotopic (exact) mass is 403 g/mol. The number of nitriles is 1. The van der Waals surface area contributed by atoms with Crippen molar-refractivity contribution in [1.82, 2.24) is 9.80 Å². The van der Waals surface area contributed by atoms with Crippen molar-refractivity contribution in [3.63, 3.8) is 0 Å². The average molecular weight is 404 g/mol. The number of hydrogen-bond acceptors (Lipinski definition) is 3. The van der Waals surface area contributed by atoms with Crippen LogP contribution in [0.15, 0.2) is 48.2 Å². The molecule has 0 radical (unpaired) electrons. The zero-order chi connectivity index (χ0) is 19.6. The van der Waals surface area contributed by atoms with Gasteiger partial charge in [-0.15, -0.1) is 0 Å². The van der Waals surface area contributed by atoms with Gasteiger partial charge in [-0.2, -0.15) is 5.26 Å². The molecule has 1 unspecified atom stereocenters. The van der Waals surface area contributed by atoms with E-state index in [9.17, 15) is 5.26 Å². The number of hydrogen-bond donors (Lipinski definition) is 0. The summed E-state index contributed by atoms with van der Waals surface area (Å²) in [7, 11) is 2.13. The lowest BCUT2D eigenvalue weighted by Gasteiger charge is -2.36. The summed E-state index contributed by atoms with van der Waals surface area (Å²) >= 11 is 12.7. The van der Waals surface area contributed by atoms with Gasteiger partial charge in [0.1, 0.15) is 12.7 Å². The number of nitrogens with zero attached hydrogens (tertiary/aromatic N) is 4. The first-order valence-corrected chi connectivity index (χ1v) is 10.1. The Morgan fingerprint density at radius 1 is 1.22 bits per heavy atom. The summed E-state index contributed by atoms with van der Waals surface area (Å²) in [4.78, 5) is 4.05. The van der Waals surface area contributed by atoms with Gasteiger partial charge in [-0.1, -0.05) is 49.2 Å². The van der Waals surface area contributed by atoms with Crippen LogP contribution in [0.1, 0.15) is 32.3 Å². The summed E-state index contributed by atoms with van der Waals surface area (Å²) in [6.07, 6.45) is 10.8. The highest BCUT2D eigenvalue weighted by atomic mass is 35.5. The van der Waals surface area contributed by atoms with Gasteiger partial charge >= 0.3 is 0 Å². The zero-order valence-corrected chi connectivity index (χ0v) is 17.6. The molecule has 2 aliphatic rings. The smallest absolute Gasteiger partial charge is 0.228 e. The molecule has 0 saturated carbocycles. The van der Waals surface area contributed by atoms with E-state index in [0.717, 1.165) is 49.4 Å². The highest BCUT2D eigenvalue weighted by Crippen LogP contribution is 2.40. The summed E-state index contributed by atoms with van der Waals surface area (Å²) in [5.74, 6) is 0.964. The van der Waals surface area contributed by atoms with Gasteiger partial charge in [-0.3, -0.25) is 0 Å². The van der Waals surface area contributed by atoms with E-state index < -0.39 is 0 Å². The molecule has 0 saturated heterocycles. The first kappa shape index (κ1) is 19.8. The maximum Gasteiger partial charge on any atom is 0.228 e. The molecule has 4 nitrogen and oxygen atoms in total. The van der Waals surface area contributed by atoms with Crippen LogP contribution in [0.4, 0.5) is 0 Å². The minimum atomic E-state index is 0.525. The van der Waals surface area contributed by atoms with Crippen molar-refractivity contribution in [3.8, 4) is 6.19 Å². The third-order valence-electron chi connectivity index (χ3n) is 5.01. The van der Waals surface area contributed by atoms with Crippen molar-refractivity contribution in [2.75, 3.05) is 26.7 Å².